The van der Waals surface area contributed by atoms with Gasteiger partial charge < -0.3 is 0 Å². The maximum absolute atomic E-state index is 12.6. The van der Waals surface area contributed by atoms with Crippen LogP contribution in [-0.2, 0) is 6.54 Å². The van der Waals surface area contributed by atoms with E-state index < -0.39 is 0 Å². The average Bonchev–Trinajstić information content (AvgIpc) is 2.82. The molecule has 0 unspecified atom stereocenters. The molecular formula is C21H25NO. The summed E-state index contributed by atoms with van der Waals surface area (Å²) < 4.78 is 0. The minimum absolute atomic E-state index is 0.274. The molecule has 1 fully saturated rings. The van der Waals surface area contributed by atoms with Crippen LogP contribution < -0.4 is 0 Å². The fourth-order valence-corrected chi connectivity index (χ4v) is 3.45. The number of Topliss-reactive ketones (excluding diaryl/α,β-unsaturated/α-hetero) is 1. The normalized spacial score (nSPS) is 19.2. The predicted octanol–water partition coefficient (Wildman–Crippen LogP) is 4.70. The zero-order valence-electron chi connectivity index (χ0n) is 13.7. The number of likely N-dealkylation sites (tertiary alicyclic amines) is 1. The largest absolute Gasteiger partial charge is 0.296 e. The third-order valence-electron chi connectivity index (χ3n) is 4.74. The third kappa shape index (κ3) is 4.52. The van der Waals surface area contributed by atoms with E-state index in [0.29, 0.717) is 12.5 Å². The lowest BCUT2D eigenvalue weighted by Gasteiger charge is -2.29. The summed E-state index contributed by atoms with van der Waals surface area (Å²) in [5.74, 6) is 0.274. The minimum atomic E-state index is 0.274. The van der Waals surface area contributed by atoms with Gasteiger partial charge >= 0.3 is 0 Å². The molecule has 2 aromatic rings. The van der Waals surface area contributed by atoms with Crippen LogP contribution in [0.1, 0.15) is 48.0 Å². The van der Waals surface area contributed by atoms with Crippen LogP contribution in [0.3, 0.4) is 0 Å². The van der Waals surface area contributed by atoms with Crippen molar-refractivity contribution in [1.82, 2.24) is 4.90 Å². The highest BCUT2D eigenvalue weighted by molar-refractivity contribution is 5.96. The summed E-state index contributed by atoms with van der Waals surface area (Å²) in [5.41, 5.74) is 2.18. The van der Waals surface area contributed by atoms with Gasteiger partial charge in [0.2, 0.25) is 0 Å². The van der Waals surface area contributed by atoms with E-state index in [-0.39, 0.29) is 5.78 Å². The second kappa shape index (κ2) is 8.07. The van der Waals surface area contributed by atoms with Gasteiger partial charge in [-0.3, -0.25) is 9.69 Å². The molecule has 23 heavy (non-hydrogen) atoms. The smallest absolute Gasteiger partial charge is 0.164 e. The van der Waals surface area contributed by atoms with Crippen molar-refractivity contribution in [2.75, 3.05) is 6.54 Å². The van der Waals surface area contributed by atoms with Crippen molar-refractivity contribution < 1.29 is 4.79 Å². The molecule has 0 amide bonds. The van der Waals surface area contributed by atoms with Crippen molar-refractivity contribution in [3.63, 3.8) is 0 Å². The van der Waals surface area contributed by atoms with Gasteiger partial charge in [-0.1, -0.05) is 73.5 Å². The first kappa shape index (κ1) is 15.9. The third-order valence-corrected chi connectivity index (χ3v) is 4.74. The van der Waals surface area contributed by atoms with Crippen LogP contribution >= 0.6 is 0 Å². The van der Waals surface area contributed by atoms with E-state index >= 15 is 0 Å². The first-order valence-electron chi connectivity index (χ1n) is 8.69. The highest BCUT2D eigenvalue weighted by Gasteiger charge is 2.24. The van der Waals surface area contributed by atoms with E-state index in [0.717, 1.165) is 25.1 Å². The predicted molar refractivity (Wildman–Crippen MR) is 94.5 cm³/mol. The Morgan fingerprint density at radius 3 is 2.35 bits per heavy atom. The van der Waals surface area contributed by atoms with E-state index in [4.69, 9.17) is 0 Å². The lowest BCUT2D eigenvalue weighted by molar-refractivity contribution is 0.0911. The number of ketones is 1. The van der Waals surface area contributed by atoms with Crippen LogP contribution in [0, 0.1) is 0 Å². The standard InChI is InChI=1S/C21H25NO/c23-21(19-12-6-2-7-13-19)16-20-14-8-3-9-15-22(20)17-18-10-4-1-5-11-18/h1-2,4-7,10-13,20H,3,8-9,14-17H2/t20-/m1/s1. The topological polar surface area (TPSA) is 20.3 Å². The number of carbonyl (C=O) groups is 1. The molecule has 0 saturated carbocycles. The Morgan fingerprint density at radius 1 is 0.913 bits per heavy atom. The number of benzene rings is 2. The van der Waals surface area contributed by atoms with Gasteiger partial charge in [0.1, 0.15) is 0 Å². The Balaban J connectivity index is 1.70. The molecule has 2 aromatic carbocycles. The van der Waals surface area contributed by atoms with Crippen LogP contribution in [0.25, 0.3) is 0 Å². The van der Waals surface area contributed by atoms with Crippen LogP contribution in [0.15, 0.2) is 60.7 Å². The van der Waals surface area contributed by atoms with Crippen molar-refractivity contribution in [2.24, 2.45) is 0 Å². The second-order valence-corrected chi connectivity index (χ2v) is 6.45. The molecule has 0 bridgehead atoms. The molecule has 120 valence electrons. The molecule has 1 atom stereocenters. The van der Waals surface area contributed by atoms with E-state index in [2.05, 4.69) is 35.2 Å². The summed E-state index contributed by atoms with van der Waals surface area (Å²) in [6.07, 6.45) is 5.52. The quantitative estimate of drug-likeness (QED) is 0.746. The minimum Gasteiger partial charge on any atom is -0.296 e. The molecule has 0 spiro atoms. The molecule has 0 aliphatic carbocycles. The van der Waals surface area contributed by atoms with Crippen molar-refractivity contribution in [2.45, 2.75) is 44.7 Å². The van der Waals surface area contributed by atoms with Gasteiger partial charge in [-0.05, 0) is 24.9 Å². The molecule has 3 rings (SSSR count). The fraction of sp³-hybridized carbons (Fsp3) is 0.381. The summed E-state index contributed by atoms with van der Waals surface area (Å²) in [6, 6.07) is 20.7. The van der Waals surface area contributed by atoms with Gasteiger partial charge in [-0.25, -0.2) is 0 Å². The first-order chi connectivity index (χ1) is 11.3. The van der Waals surface area contributed by atoms with Gasteiger partial charge in [-0.15, -0.1) is 0 Å². The lowest BCUT2D eigenvalue weighted by Crippen LogP contribution is -2.36. The summed E-state index contributed by atoms with van der Waals surface area (Å²) in [7, 11) is 0. The van der Waals surface area contributed by atoms with Crippen LogP contribution in [0.4, 0.5) is 0 Å². The van der Waals surface area contributed by atoms with Crippen molar-refractivity contribution >= 4 is 5.78 Å². The molecule has 1 saturated heterocycles. The molecule has 2 heteroatoms. The summed E-state index contributed by atoms with van der Waals surface area (Å²) >= 11 is 0. The van der Waals surface area contributed by atoms with Crippen molar-refractivity contribution in [3.05, 3.63) is 71.8 Å². The van der Waals surface area contributed by atoms with Crippen LogP contribution in [-0.4, -0.2) is 23.3 Å². The van der Waals surface area contributed by atoms with Crippen LogP contribution in [0.5, 0.6) is 0 Å². The Morgan fingerprint density at radius 2 is 1.61 bits per heavy atom. The van der Waals surface area contributed by atoms with Crippen LogP contribution in [0.2, 0.25) is 0 Å². The van der Waals surface area contributed by atoms with Gasteiger partial charge in [-0.2, -0.15) is 0 Å². The first-order valence-corrected chi connectivity index (χ1v) is 8.69. The molecule has 1 heterocycles. The van der Waals surface area contributed by atoms with Crippen molar-refractivity contribution in [1.29, 1.82) is 0 Å². The van der Waals surface area contributed by atoms with Crippen molar-refractivity contribution in [3.8, 4) is 0 Å². The van der Waals surface area contributed by atoms with Gasteiger partial charge in [0.05, 0.1) is 0 Å². The monoisotopic (exact) mass is 307 g/mol. The zero-order valence-corrected chi connectivity index (χ0v) is 13.7. The fourth-order valence-electron chi connectivity index (χ4n) is 3.45. The van der Waals surface area contributed by atoms with Gasteiger partial charge in [0.15, 0.2) is 5.78 Å². The maximum atomic E-state index is 12.6. The molecule has 2 nitrogen and oxygen atoms in total. The number of nitrogens with zero attached hydrogens (tertiary/aromatic N) is 1. The molecular weight excluding hydrogens is 282 g/mol. The van der Waals surface area contributed by atoms with Gasteiger partial charge in [0.25, 0.3) is 0 Å². The Labute approximate surface area is 139 Å². The molecule has 1 aliphatic heterocycles. The Bertz CT molecular complexity index is 608. The Kier molecular flexibility index (Phi) is 5.60. The molecule has 0 aromatic heterocycles. The molecule has 0 radical (unpaired) electrons. The number of hydrogen-bond donors (Lipinski definition) is 0. The zero-order chi connectivity index (χ0) is 15.9. The van der Waals surface area contributed by atoms with E-state index in [1.165, 1.54) is 24.8 Å². The number of carbonyl (C=O) groups excluding carboxylic acids is 1. The highest BCUT2D eigenvalue weighted by Crippen LogP contribution is 2.23. The highest BCUT2D eigenvalue weighted by atomic mass is 16.1. The Hall–Kier alpha value is -1.93. The summed E-state index contributed by atoms with van der Waals surface area (Å²) in [6.45, 7) is 2.05. The SMILES string of the molecule is O=C(C[C@H]1CCCCCN1Cc1ccccc1)c1ccccc1. The lowest BCUT2D eigenvalue weighted by atomic mass is 9.99. The van der Waals surface area contributed by atoms with Gasteiger partial charge in [0, 0.05) is 24.6 Å². The molecule has 1 aliphatic rings. The second-order valence-electron chi connectivity index (χ2n) is 6.45. The summed E-state index contributed by atoms with van der Waals surface area (Å²) in [4.78, 5) is 15.1. The van der Waals surface area contributed by atoms with E-state index in [1.807, 2.05) is 30.3 Å². The number of hydrogen-bond acceptors (Lipinski definition) is 2. The number of rotatable bonds is 5. The average molecular weight is 307 g/mol. The summed E-state index contributed by atoms with van der Waals surface area (Å²) in [5, 5.41) is 0. The van der Waals surface area contributed by atoms with E-state index in [9.17, 15) is 4.79 Å². The molecule has 0 N–H and O–H groups in total. The maximum Gasteiger partial charge on any atom is 0.164 e. The van der Waals surface area contributed by atoms with E-state index in [1.54, 1.807) is 0 Å².